The van der Waals surface area contributed by atoms with Gasteiger partial charge in [0.2, 0.25) is 11.7 Å². The molecule has 6 nitrogen and oxygen atoms in total. The minimum absolute atomic E-state index is 0.0744. The number of aromatic nitrogens is 2. The summed E-state index contributed by atoms with van der Waals surface area (Å²) in [6, 6.07) is 13.4. The van der Waals surface area contributed by atoms with Gasteiger partial charge in [-0.2, -0.15) is 4.98 Å². The lowest BCUT2D eigenvalue weighted by Gasteiger charge is -2.23. The van der Waals surface area contributed by atoms with Gasteiger partial charge in [-0.15, -0.1) is 0 Å². The van der Waals surface area contributed by atoms with E-state index in [-0.39, 0.29) is 17.4 Å². The average Bonchev–Trinajstić information content (AvgIpc) is 3.37. The molecule has 4 rings (SSSR count). The summed E-state index contributed by atoms with van der Waals surface area (Å²) in [7, 11) is 1.41. The Morgan fingerprint density at radius 3 is 2.81 bits per heavy atom. The number of likely N-dealkylation sites (tertiary alicyclic amines) is 1. The fourth-order valence-corrected chi connectivity index (χ4v) is 3.37. The molecule has 0 aliphatic carbocycles. The molecule has 1 aliphatic heterocycles. The van der Waals surface area contributed by atoms with Crippen LogP contribution in [0.3, 0.4) is 0 Å². The summed E-state index contributed by atoms with van der Waals surface area (Å²) in [5.74, 6) is -0.0167. The first-order valence-corrected chi connectivity index (χ1v) is 8.71. The predicted octanol–water partition coefficient (Wildman–Crippen LogP) is 3.86. The third-order valence-corrected chi connectivity index (χ3v) is 4.68. The van der Waals surface area contributed by atoms with Crippen LogP contribution in [0.1, 0.15) is 35.1 Å². The van der Waals surface area contributed by atoms with Crippen molar-refractivity contribution in [2.75, 3.05) is 13.7 Å². The Morgan fingerprint density at radius 1 is 1.22 bits per heavy atom. The first-order valence-electron chi connectivity index (χ1n) is 8.71. The maximum atomic E-state index is 14.3. The van der Waals surface area contributed by atoms with E-state index in [2.05, 4.69) is 10.1 Å². The van der Waals surface area contributed by atoms with E-state index in [0.29, 0.717) is 24.7 Å². The lowest BCUT2D eigenvalue weighted by atomic mass is 10.1. The number of ether oxygens (including phenoxy) is 1. The first kappa shape index (κ1) is 17.2. The second kappa shape index (κ2) is 7.19. The Kier molecular flexibility index (Phi) is 4.58. The van der Waals surface area contributed by atoms with E-state index in [1.807, 2.05) is 30.3 Å². The molecule has 138 valence electrons. The van der Waals surface area contributed by atoms with Gasteiger partial charge in [0.1, 0.15) is 23.2 Å². The van der Waals surface area contributed by atoms with Crippen LogP contribution >= 0.6 is 0 Å². The Bertz CT molecular complexity index is 958. The van der Waals surface area contributed by atoms with Gasteiger partial charge in [-0.3, -0.25) is 4.79 Å². The third kappa shape index (κ3) is 3.16. The fraction of sp³-hybridized carbons (Fsp3) is 0.250. The molecule has 1 aromatic heterocycles. The second-order valence-corrected chi connectivity index (χ2v) is 6.30. The van der Waals surface area contributed by atoms with Crippen molar-refractivity contribution in [3.63, 3.8) is 0 Å². The van der Waals surface area contributed by atoms with Gasteiger partial charge >= 0.3 is 0 Å². The number of methoxy groups -OCH3 is 1. The zero-order valence-corrected chi connectivity index (χ0v) is 14.8. The van der Waals surface area contributed by atoms with E-state index in [9.17, 15) is 9.18 Å². The smallest absolute Gasteiger partial charge is 0.261 e. The van der Waals surface area contributed by atoms with Crippen LogP contribution < -0.4 is 4.74 Å². The van der Waals surface area contributed by atoms with E-state index in [4.69, 9.17) is 9.26 Å². The van der Waals surface area contributed by atoms with Gasteiger partial charge in [0, 0.05) is 12.1 Å². The molecule has 0 radical (unpaired) electrons. The van der Waals surface area contributed by atoms with E-state index < -0.39 is 11.7 Å². The van der Waals surface area contributed by atoms with Gasteiger partial charge in [0.15, 0.2) is 0 Å². The van der Waals surface area contributed by atoms with Gasteiger partial charge in [0.25, 0.3) is 5.91 Å². The molecule has 3 aromatic rings. The van der Waals surface area contributed by atoms with Crippen molar-refractivity contribution in [2.45, 2.75) is 18.9 Å². The van der Waals surface area contributed by atoms with Crippen molar-refractivity contribution in [3.8, 4) is 17.1 Å². The number of amides is 1. The summed E-state index contributed by atoms with van der Waals surface area (Å²) in [6.45, 7) is 0.490. The Labute approximate surface area is 155 Å². The quantitative estimate of drug-likeness (QED) is 0.700. The zero-order valence-electron chi connectivity index (χ0n) is 14.8. The molecule has 1 aliphatic rings. The van der Waals surface area contributed by atoms with Gasteiger partial charge in [0.05, 0.1) is 7.11 Å². The van der Waals surface area contributed by atoms with Gasteiger partial charge < -0.3 is 14.2 Å². The summed E-state index contributed by atoms with van der Waals surface area (Å²) < 4.78 is 24.9. The standard InChI is InChI=1S/C20H18FN3O3/c1-26-16-11-5-9-14(21)17(16)20(25)24-12-6-10-15(24)19-22-18(23-27-19)13-7-3-2-4-8-13/h2-5,7-9,11,15H,6,10,12H2,1H3. The minimum Gasteiger partial charge on any atom is -0.496 e. The van der Waals surface area contributed by atoms with Gasteiger partial charge in [-0.25, -0.2) is 4.39 Å². The molecule has 1 atom stereocenters. The fourth-order valence-electron chi connectivity index (χ4n) is 3.37. The van der Waals surface area contributed by atoms with E-state index in [1.165, 1.54) is 19.2 Å². The number of rotatable bonds is 4. The number of hydrogen-bond acceptors (Lipinski definition) is 5. The molecule has 1 unspecified atom stereocenters. The summed E-state index contributed by atoms with van der Waals surface area (Å²) in [4.78, 5) is 19.1. The molecule has 0 spiro atoms. The van der Waals surface area contributed by atoms with Crippen molar-refractivity contribution >= 4 is 5.91 Å². The third-order valence-electron chi connectivity index (χ3n) is 4.68. The van der Waals surface area contributed by atoms with Crippen LogP contribution in [-0.2, 0) is 0 Å². The van der Waals surface area contributed by atoms with Crippen LogP contribution in [0.2, 0.25) is 0 Å². The van der Waals surface area contributed by atoms with Gasteiger partial charge in [-0.05, 0) is 25.0 Å². The molecule has 0 N–H and O–H groups in total. The number of carbonyl (C=O) groups excluding carboxylic acids is 1. The number of carbonyl (C=O) groups is 1. The van der Waals surface area contributed by atoms with Gasteiger partial charge in [-0.1, -0.05) is 41.6 Å². The molecule has 0 bridgehead atoms. The Morgan fingerprint density at radius 2 is 2.04 bits per heavy atom. The van der Waals surface area contributed by atoms with Crippen molar-refractivity contribution in [1.82, 2.24) is 15.0 Å². The largest absolute Gasteiger partial charge is 0.496 e. The number of nitrogens with zero attached hydrogens (tertiary/aromatic N) is 3. The lowest BCUT2D eigenvalue weighted by molar-refractivity contribution is 0.0701. The molecule has 1 fully saturated rings. The molecule has 2 aromatic carbocycles. The monoisotopic (exact) mass is 367 g/mol. The highest BCUT2D eigenvalue weighted by Crippen LogP contribution is 2.35. The van der Waals surface area contributed by atoms with E-state index >= 15 is 0 Å². The number of benzene rings is 2. The molecular weight excluding hydrogens is 349 g/mol. The summed E-state index contributed by atoms with van der Waals surface area (Å²) in [6.07, 6.45) is 1.45. The average molecular weight is 367 g/mol. The molecule has 1 saturated heterocycles. The zero-order chi connectivity index (χ0) is 18.8. The lowest BCUT2D eigenvalue weighted by Crippen LogP contribution is -2.31. The van der Waals surface area contributed by atoms with Crippen LogP contribution in [-0.4, -0.2) is 34.6 Å². The predicted molar refractivity (Wildman–Crippen MR) is 95.7 cm³/mol. The van der Waals surface area contributed by atoms with Crippen LogP contribution in [0.5, 0.6) is 5.75 Å². The second-order valence-electron chi connectivity index (χ2n) is 6.30. The highest BCUT2D eigenvalue weighted by Gasteiger charge is 2.36. The van der Waals surface area contributed by atoms with Crippen LogP contribution in [0.25, 0.3) is 11.4 Å². The molecule has 7 heteroatoms. The molecular formula is C20H18FN3O3. The number of halogens is 1. The van der Waals surface area contributed by atoms with Crippen molar-refractivity contribution in [2.24, 2.45) is 0 Å². The molecule has 1 amide bonds. The Balaban J connectivity index is 1.64. The molecule has 27 heavy (non-hydrogen) atoms. The van der Waals surface area contributed by atoms with Crippen LogP contribution in [0.4, 0.5) is 4.39 Å². The summed E-state index contributed by atoms with van der Waals surface area (Å²) >= 11 is 0. The summed E-state index contributed by atoms with van der Waals surface area (Å²) in [5, 5.41) is 4.03. The minimum atomic E-state index is -0.611. The maximum absolute atomic E-state index is 14.3. The first-order chi connectivity index (χ1) is 13.2. The molecule has 2 heterocycles. The SMILES string of the molecule is COc1cccc(F)c1C(=O)N1CCCC1c1nc(-c2ccccc2)no1. The van der Waals surface area contributed by atoms with Crippen molar-refractivity contribution in [3.05, 3.63) is 65.8 Å². The van der Waals surface area contributed by atoms with Crippen molar-refractivity contribution in [1.29, 1.82) is 0 Å². The van der Waals surface area contributed by atoms with Crippen LogP contribution in [0.15, 0.2) is 53.1 Å². The molecule has 0 saturated carbocycles. The number of hydrogen-bond donors (Lipinski definition) is 0. The highest BCUT2D eigenvalue weighted by atomic mass is 19.1. The van der Waals surface area contributed by atoms with E-state index in [0.717, 1.165) is 12.0 Å². The Hall–Kier alpha value is -3.22. The van der Waals surface area contributed by atoms with E-state index in [1.54, 1.807) is 11.0 Å². The van der Waals surface area contributed by atoms with Crippen molar-refractivity contribution < 1.29 is 18.4 Å². The normalized spacial score (nSPS) is 16.5. The highest BCUT2D eigenvalue weighted by molar-refractivity contribution is 5.97. The van der Waals surface area contributed by atoms with Crippen LogP contribution in [0, 0.1) is 5.82 Å². The maximum Gasteiger partial charge on any atom is 0.261 e. The summed E-state index contributed by atoms with van der Waals surface area (Å²) in [5.41, 5.74) is 0.758. The topological polar surface area (TPSA) is 68.5 Å².